The van der Waals surface area contributed by atoms with E-state index < -0.39 is 20.0 Å². The number of nitrogens with one attached hydrogen (secondary N) is 1. The fourth-order valence-electron chi connectivity index (χ4n) is 7.78. The van der Waals surface area contributed by atoms with Crippen LogP contribution in [-0.4, -0.2) is 73.4 Å². The summed E-state index contributed by atoms with van der Waals surface area (Å²) < 4.78 is 23.5. The summed E-state index contributed by atoms with van der Waals surface area (Å²) >= 11 is 0. The van der Waals surface area contributed by atoms with E-state index in [-0.39, 0.29) is 19.1 Å². The second kappa shape index (κ2) is 44.2. The maximum Gasteiger partial charge on any atom is 0.472 e. The SMILES string of the molecule is CCCCCCC/C=C\C/C=C\CCCCCCCCCCCCCCCCCCCCCCCC(=O)NC(COP(=O)(O)OCC[N+](C)(C)C)C(O)CCCCCCCC. The Morgan fingerprint density at radius 2 is 0.934 bits per heavy atom. The van der Waals surface area contributed by atoms with Crippen LogP contribution in [0.2, 0.25) is 0 Å². The number of hydrogen-bond donors (Lipinski definition) is 3. The number of amides is 1. The van der Waals surface area contributed by atoms with Crippen molar-refractivity contribution in [2.75, 3.05) is 40.9 Å². The van der Waals surface area contributed by atoms with E-state index in [1.54, 1.807) is 0 Å². The van der Waals surface area contributed by atoms with Crippen LogP contribution >= 0.6 is 7.82 Å². The van der Waals surface area contributed by atoms with Crippen LogP contribution in [0.5, 0.6) is 0 Å². The van der Waals surface area contributed by atoms with Crippen LogP contribution in [-0.2, 0) is 18.4 Å². The van der Waals surface area contributed by atoms with Gasteiger partial charge in [0.15, 0.2) is 0 Å². The highest BCUT2D eigenvalue weighted by molar-refractivity contribution is 7.47. The van der Waals surface area contributed by atoms with Crippen molar-refractivity contribution in [2.45, 2.75) is 264 Å². The number of phosphoric ester groups is 1. The Bertz CT molecular complexity index is 1050. The Kier molecular flexibility index (Phi) is 43.5. The van der Waals surface area contributed by atoms with Gasteiger partial charge in [-0.2, -0.15) is 0 Å². The van der Waals surface area contributed by atoms with Crippen LogP contribution in [0.1, 0.15) is 251 Å². The van der Waals surface area contributed by atoms with Crippen molar-refractivity contribution in [3.05, 3.63) is 24.3 Å². The highest BCUT2D eigenvalue weighted by atomic mass is 31.2. The number of phosphoric acid groups is 1. The minimum Gasteiger partial charge on any atom is -0.391 e. The number of unbranched alkanes of at least 4 members (excludes halogenated alkanes) is 31. The van der Waals surface area contributed by atoms with Gasteiger partial charge in [-0.15, -0.1) is 0 Å². The molecule has 3 unspecified atom stereocenters. The van der Waals surface area contributed by atoms with Crippen molar-refractivity contribution in [1.29, 1.82) is 0 Å². The van der Waals surface area contributed by atoms with Gasteiger partial charge in [-0.3, -0.25) is 13.8 Å². The zero-order valence-electron chi connectivity index (χ0n) is 41.2. The highest BCUT2D eigenvalue weighted by Crippen LogP contribution is 2.43. The summed E-state index contributed by atoms with van der Waals surface area (Å²) in [6, 6.07) is -0.753. The predicted octanol–water partition coefficient (Wildman–Crippen LogP) is 15.3. The monoisotopic (exact) mass is 884 g/mol. The smallest absolute Gasteiger partial charge is 0.391 e. The molecule has 362 valence electrons. The fourth-order valence-corrected chi connectivity index (χ4v) is 8.52. The van der Waals surface area contributed by atoms with Gasteiger partial charge >= 0.3 is 7.82 Å². The molecule has 1 amide bonds. The van der Waals surface area contributed by atoms with Crippen molar-refractivity contribution in [1.82, 2.24) is 5.32 Å². The third-order valence-electron chi connectivity index (χ3n) is 12.0. The summed E-state index contributed by atoms with van der Waals surface area (Å²) in [5.74, 6) is -0.146. The van der Waals surface area contributed by atoms with E-state index in [1.807, 2.05) is 21.1 Å². The Morgan fingerprint density at radius 1 is 0.557 bits per heavy atom. The van der Waals surface area contributed by atoms with Crippen LogP contribution in [0.3, 0.4) is 0 Å². The summed E-state index contributed by atoms with van der Waals surface area (Å²) in [7, 11) is 1.62. The molecule has 0 aromatic rings. The quantitative estimate of drug-likeness (QED) is 0.0243. The number of hydrogen-bond acceptors (Lipinski definition) is 5. The van der Waals surface area contributed by atoms with E-state index in [1.165, 1.54) is 180 Å². The van der Waals surface area contributed by atoms with Crippen molar-refractivity contribution in [2.24, 2.45) is 0 Å². The van der Waals surface area contributed by atoms with Crippen LogP contribution in [0, 0.1) is 0 Å². The Balaban J connectivity index is 3.80. The molecule has 0 heterocycles. The fraction of sp³-hybridized carbons (Fsp3) is 0.904. The van der Waals surface area contributed by atoms with E-state index in [0.29, 0.717) is 23.9 Å². The standard InChI is InChI=1S/C52H103N2O6P/c1-6-8-10-12-14-15-16-17-18-19-20-21-22-23-24-25-26-27-28-29-30-31-32-33-34-35-36-37-38-39-40-42-44-46-52(56)53-50(51(55)45-43-41-13-11-9-7-2)49-60-61(57,58)59-48-47-54(3,4)5/h16-17,19-20,50-51,55H,6-15,18,21-49H2,1-5H3,(H-,53,56,57,58)/p+1/b17-16-,20-19-. The second-order valence-electron chi connectivity index (χ2n) is 19.3. The maximum absolute atomic E-state index is 12.8. The number of rotatable bonds is 48. The van der Waals surface area contributed by atoms with Crippen LogP contribution in [0.15, 0.2) is 24.3 Å². The second-order valence-corrected chi connectivity index (χ2v) is 20.7. The molecule has 0 aromatic carbocycles. The number of aliphatic hydroxyl groups excluding tert-OH is 1. The number of quaternary nitrogens is 1. The minimum atomic E-state index is -4.30. The lowest BCUT2D eigenvalue weighted by atomic mass is 10.0. The Morgan fingerprint density at radius 3 is 1.34 bits per heavy atom. The molecule has 0 saturated heterocycles. The normalized spacial score (nSPS) is 14.3. The molecule has 0 bridgehead atoms. The van der Waals surface area contributed by atoms with Crippen molar-refractivity contribution < 1.29 is 32.9 Å². The molecule has 9 heteroatoms. The topological polar surface area (TPSA) is 105 Å². The number of carbonyl (C=O) groups is 1. The van der Waals surface area contributed by atoms with Crippen LogP contribution in [0.25, 0.3) is 0 Å². The van der Waals surface area contributed by atoms with Crippen LogP contribution < -0.4 is 5.32 Å². The number of aliphatic hydroxyl groups is 1. The summed E-state index contributed by atoms with van der Waals surface area (Å²) in [6.07, 6.45) is 54.2. The first-order valence-corrected chi connectivity index (χ1v) is 27.7. The van der Waals surface area contributed by atoms with Gasteiger partial charge in [0.2, 0.25) is 5.91 Å². The van der Waals surface area contributed by atoms with Gasteiger partial charge < -0.3 is 19.8 Å². The third-order valence-corrected chi connectivity index (χ3v) is 12.9. The van der Waals surface area contributed by atoms with Gasteiger partial charge in [0, 0.05) is 6.42 Å². The van der Waals surface area contributed by atoms with Gasteiger partial charge in [-0.25, -0.2) is 4.57 Å². The largest absolute Gasteiger partial charge is 0.472 e. The lowest BCUT2D eigenvalue weighted by Crippen LogP contribution is -2.46. The molecule has 0 aliphatic heterocycles. The molecular formula is C52H104N2O6P+. The molecule has 0 saturated carbocycles. The lowest BCUT2D eigenvalue weighted by molar-refractivity contribution is -0.870. The molecular weight excluding hydrogens is 780 g/mol. The molecule has 3 atom stereocenters. The number of likely N-dealkylation sites (N-methyl/N-ethyl adjacent to an activating group) is 1. The summed E-state index contributed by atoms with van der Waals surface area (Å²) in [5.41, 5.74) is 0. The van der Waals surface area contributed by atoms with Crippen molar-refractivity contribution in [3.8, 4) is 0 Å². The molecule has 0 radical (unpaired) electrons. The minimum absolute atomic E-state index is 0.0760. The molecule has 0 aliphatic rings. The van der Waals surface area contributed by atoms with E-state index >= 15 is 0 Å². The summed E-state index contributed by atoms with van der Waals surface area (Å²) in [4.78, 5) is 23.0. The predicted molar refractivity (Wildman–Crippen MR) is 263 cm³/mol. The lowest BCUT2D eigenvalue weighted by Gasteiger charge is -2.26. The molecule has 0 fully saturated rings. The molecule has 0 aliphatic carbocycles. The van der Waals surface area contributed by atoms with Crippen molar-refractivity contribution in [3.63, 3.8) is 0 Å². The zero-order valence-corrected chi connectivity index (χ0v) is 42.1. The summed E-state index contributed by atoms with van der Waals surface area (Å²) in [5, 5.41) is 13.8. The van der Waals surface area contributed by atoms with E-state index in [2.05, 4.69) is 43.5 Å². The van der Waals surface area contributed by atoms with Gasteiger partial charge in [-0.1, -0.05) is 224 Å². The third kappa shape index (κ3) is 46.8. The highest BCUT2D eigenvalue weighted by Gasteiger charge is 2.28. The van der Waals surface area contributed by atoms with Gasteiger partial charge in [0.25, 0.3) is 0 Å². The van der Waals surface area contributed by atoms with Crippen LogP contribution in [0.4, 0.5) is 0 Å². The van der Waals surface area contributed by atoms with Gasteiger partial charge in [-0.05, 0) is 44.9 Å². The maximum atomic E-state index is 12.8. The molecule has 8 nitrogen and oxygen atoms in total. The first-order valence-electron chi connectivity index (χ1n) is 26.2. The van der Waals surface area contributed by atoms with Crippen molar-refractivity contribution >= 4 is 13.7 Å². The summed E-state index contributed by atoms with van der Waals surface area (Å²) in [6.45, 7) is 4.83. The number of nitrogens with zero attached hydrogens (tertiary/aromatic N) is 1. The molecule has 0 rings (SSSR count). The Labute approximate surface area is 379 Å². The average molecular weight is 884 g/mol. The first-order chi connectivity index (χ1) is 29.5. The molecule has 0 aromatic heterocycles. The van der Waals surface area contributed by atoms with E-state index in [9.17, 15) is 19.4 Å². The molecule has 0 spiro atoms. The zero-order chi connectivity index (χ0) is 45.0. The van der Waals surface area contributed by atoms with Gasteiger partial charge in [0.05, 0.1) is 39.9 Å². The van der Waals surface area contributed by atoms with E-state index in [4.69, 9.17) is 9.05 Å². The number of allylic oxidation sites excluding steroid dienone is 4. The average Bonchev–Trinajstić information content (AvgIpc) is 3.21. The number of carbonyl (C=O) groups excluding carboxylic acids is 1. The van der Waals surface area contributed by atoms with E-state index in [0.717, 1.165) is 44.9 Å². The van der Waals surface area contributed by atoms with Gasteiger partial charge in [0.1, 0.15) is 13.2 Å². The first kappa shape index (κ1) is 60.0. The molecule has 3 N–H and O–H groups in total. The molecule has 61 heavy (non-hydrogen) atoms. The Hall–Kier alpha value is -1.02.